The zero-order valence-electron chi connectivity index (χ0n) is 28.4. The van der Waals surface area contributed by atoms with Gasteiger partial charge in [0.25, 0.3) is 5.91 Å². The molecule has 6 rings (SSSR count). The van der Waals surface area contributed by atoms with Gasteiger partial charge in [-0.3, -0.25) is 14.4 Å². The van der Waals surface area contributed by atoms with Crippen molar-refractivity contribution in [2.24, 2.45) is 23.7 Å². The lowest BCUT2D eigenvalue weighted by Gasteiger charge is -2.40. The van der Waals surface area contributed by atoms with Crippen LogP contribution in [-0.2, 0) is 19.1 Å². The first kappa shape index (κ1) is 33.6. The number of fused-ring (bicyclic) bond motifs is 2. The molecule has 3 aromatic rings. The highest BCUT2D eigenvalue weighted by atomic mass is 16.5. The molecule has 1 N–H and O–H groups in total. The van der Waals surface area contributed by atoms with Gasteiger partial charge < -0.3 is 24.5 Å². The molecule has 8 heteroatoms. The van der Waals surface area contributed by atoms with Gasteiger partial charge in [0, 0.05) is 24.5 Å². The van der Waals surface area contributed by atoms with Crippen LogP contribution in [0.1, 0.15) is 40.5 Å². The molecule has 3 aromatic carbocycles. The second kappa shape index (κ2) is 13.0. The van der Waals surface area contributed by atoms with Crippen LogP contribution in [0, 0.1) is 23.7 Å². The van der Waals surface area contributed by atoms with E-state index >= 15 is 4.79 Å². The van der Waals surface area contributed by atoms with Crippen molar-refractivity contribution in [3.63, 3.8) is 0 Å². The predicted molar refractivity (Wildman–Crippen MR) is 189 cm³/mol. The fraction of sp³-hybridized carbons (Fsp3) is 0.425. The summed E-state index contributed by atoms with van der Waals surface area (Å²) in [5.74, 6) is -2.59. The number of ether oxygens (including phenoxy) is 1. The first-order valence-electron chi connectivity index (χ1n) is 17.0. The number of amides is 3. The Kier molecular flexibility index (Phi) is 9.09. The van der Waals surface area contributed by atoms with E-state index < -0.39 is 35.1 Å². The number of hydrogen-bond donors (Lipinski definition) is 1. The molecular weight excluding hydrogens is 602 g/mol. The molecule has 8 nitrogen and oxygen atoms in total. The van der Waals surface area contributed by atoms with E-state index in [9.17, 15) is 14.7 Å². The molecule has 3 aliphatic rings. The summed E-state index contributed by atoms with van der Waals surface area (Å²) in [5, 5.41) is 12.8. The lowest BCUT2D eigenvalue weighted by Crippen LogP contribution is -2.59. The highest BCUT2D eigenvalue weighted by Gasteiger charge is 2.80. The fourth-order valence-corrected chi connectivity index (χ4v) is 8.72. The summed E-state index contributed by atoms with van der Waals surface area (Å²) in [7, 11) is 0. The molecule has 0 radical (unpaired) electrons. The third kappa shape index (κ3) is 5.26. The van der Waals surface area contributed by atoms with Gasteiger partial charge in [-0.25, -0.2) is 0 Å². The Morgan fingerprint density at radius 1 is 0.958 bits per heavy atom. The Morgan fingerprint density at radius 2 is 1.58 bits per heavy atom. The number of carbonyl (C=O) groups excluding carboxylic acids is 3. The summed E-state index contributed by atoms with van der Waals surface area (Å²) in [4.78, 5) is 49.9. The molecule has 3 saturated heterocycles. The maximum Gasteiger partial charge on any atom is 0.253 e. The van der Waals surface area contributed by atoms with Crippen LogP contribution in [0.4, 0.5) is 11.4 Å². The van der Waals surface area contributed by atoms with E-state index in [1.807, 2.05) is 100 Å². The minimum Gasteiger partial charge on any atom is -0.394 e. The van der Waals surface area contributed by atoms with Crippen molar-refractivity contribution < 1.29 is 24.2 Å². The molecule has 3 aliphatic heterocycles. The summed E-state index contributed by atoms with van der Waals surface area (Å²) in [6, 6.07) is 21.5. The molecule has 252 valence electrons. The second-order valence-electron chi connectivity index (χ2n) is 14.3. The van der Waals surface area contributed by atoms with Gasteiger partial charge in [0.2, 0.25) is 11.8 Å². The van der Waals surface area contributed by atoms with Gasteiger partial charge >= 0.3 is 0 Å². The Hall–Kier alpha value is -4.27. The molecule has 3 amide bonds. The van der Waals surface area contributed by atoms with Crippen LogP contribution < -0.4 is 9.80 Å². The zero-order chi connectivity index (χ0) is 34.4. The van der Waals surface area contributed by atoms with Gasteiger partial charge in [0.05, 0.1) is 30.1 Å². The molecule has 2 bridgehead atoms. The number of hydrogen-bond acceptors (Lipinski definition) is 5. The van der Waals surface area contributed by atoms with Crippen molar-refractivity contribution in [1.29, 1.82) is 0 Å². The smallest absolute Gasteiger partial charge is 0.253 e. The van der Waals surface area contributed by atoms with Crippen LogP contribution in [0.3, 0.4) is 0 Å². The average Bonchev–Trinajstić information content (AvgIpc) is 3.60. The fourth-order valence-electron chi connectivity index (χ4n) is 8.72. The normalized spacial score (nSPS) is 28.0. The largest absolute Gasteiger partial charge is 0.394 e. The molecule has 1 spiro atoms. The van der Waals surface area contributed by atoms with Crippen LogP contribution in [0.2, 0.25) is 0 Å². The van der Waals surface area contributed by atoms with Crippen LogP contribution in [-0.4, -0.2) is 70.7 Å². The first-order chi connectivity index (χ1) is 23.0. The van der Waals surface area contributed by atoms with E-state index in [-0.39, 0.29) is 49.3 Å². The summed E-state index contributed by atoms with van der Waals surface area (Å²) in [5.41, 5.74) is -0.877. The van der Waals surface area contributed by atoms with Gasteiger partial charge in [-0.05, 0) is 66.6 Å². The van der Waals surface area contributed by atoms with Gasteiger partial charge in [0.1, 0.15) is 11.6 Å². The van der Waals surface area contributed by atoms with E-state index in [0.29, 0.717) is 24.2 Å². The number of carbonyl (C=O) groups is 3. The topological polar surface area (TPSA) is 90.4 Å². The number of benzene rings is 3. The van der Waals surface area contributed by atoms with Crippen molar-refractivity contribution >= 4 is 39.9 Å². The number of nitrogens with zero attached hydrogens (tertiary/aromatic N) is 3. The highest BCUT2D eigenvalue weighted by Crippen LogP contribution is 2.66. The van der Waals surface area contributed by atoms with Crippen molar-refractivity contribution in [3.8, 4) is 0 Å². The van der Waals surface area contributed by atoms with Crippen molar-refractivity contribution in [1.82, 2.24) is 4.90 Å². The van der Waals surface area contributed by atoms with E-state index in [1.54, 1.807) is 26.9 Å². The van der Waals surface area contributed by atoms with Gasteiger partial charge in [0.15, 0.2) is 0 Å². The summed E-state index contributed by atoms with van der Waals surface area (Å²) in [6.45, 7) is 16.0. The quantitative estimate of drug-likeness (QED) is 0.243. The lowest BCUT2D eigenvalue weighted by molar-refractivity contribution is -0.149. The Balaban J connectivity index is 1.50. The van der Waals surface area contributed by atoms with Gasteiger partial charge in [-0.1, -0.05) is 81.5 Å². The molecule has 3 heterocycles. The van der Waals surface area contributed by atoms with E-state index in [0.717, 1.165) is 10.8 Å². The lowest BCUT2D eigenvalue weighted by atomic mass is 9.62. The number of rotatable bonds is 12. The summed E-state index contributed by atoms with van der Waals surface area (Å²) < 4.78 is 7.06. The number of aliphatic hydroxyl groups is 1. The molecule has 48 heavy (non-hydrogen) atoms. The number of likely N-dealkylation sites (tertiary alicyclic amines) is 1. The van der Waals surface area contributed by atoms with E-state index in [2.05, 4.69) is 13.2 Å². The summed E-state index contributed by atoms with van der Waals surface area (Å²) >= 11 is 0. The molecule has 7 atom stereocenters. The van der Waals surface area contributed by atoms with Crippen molar-refractivity contribution in [3.05, 3.63) is 98.1 Å². The van der Waals surface area contributed by atoms with Crippen molar-refractivity contribution in [2.75, 3.05) is 29.5 Å². The first-order valence-corrected chi connectivity index (χ1v) is 17.0. The third-order valence-electron chi connectivity index (χ3n) is 10.9. The number of anilines is 2. The highest BCUT2D eigenvalue weighted by molar-refractivity contribution is 6.07. The Morgan fingerprint density at radius 3 is 2.21 bits per heavy atom. The molecule has 0 aromatic heterocycles. The minimum atomic E-state index is -1.26. The number of aliphatic hydroxyl groups excluding tert-OH is 1. The standard InChI is InChI=1S/C40H47N3O5/c1-7-20-41(30-16-10-9-11-17-30)36(45)33-34-37(46)43(32(25-44)22-26(3)4)35(40(34)24-27(5)39(33,6)48-40)38(47)42(21-8-2)31-19-18-28-14-12-13-15-29(28)23-31/h7-19,23,26-27,32-35,44H,1-2,20-22,24-25H2,3-6H3/t27?,32-,33+,34+,35?,39-,40?/m1/s1. The third-order valence-corrected chi connectivity index (χ3v) is 10.9. The predicted octanol–water partition coefficient (Wildman–Crippen LogP) is 6.00. The summed E-state index contributed by atoms with van der Waals surface area (Å²) in [6.07, 6.45) is 4.28. The van der Waals surface area contributed by atoms with Gasteiger partial charge in [-0.15, -0.1) is 13.2 Å². The van der Waals surface area contributed by atoms with Crippen LogP contribution in [0.5, 0.6) is 0 Å². The van der Waals surface area contributed by atoms with E-state index in [4.69, 9.17) is 4.74 Å². The maximum atomic E-state index is 15.2. The zero-order valence-corrected chi connectivity index (χ0v) is 28.4. The van der Waals surface area contributed by atoms with Crippen molar-refractivity contribution in [2.45, 2.75) is 63.8 Å². The average molecular weight is 650 g/mol. The molecular formula is C40H47N3O5. The molecule has 3 unspecified atom stereocenters. The van der Waals surface area contributed by atoms with Gasteiger partial charge in [-0.2, -0.15) is 0 Å². The Labute approximate surface area is 283 Å². The monoisotopic (exact) mass is 649 g/mol. The molecule has 3 fully saturated rings. The maximum absolute atomic E-state index is 15.2. The van der Waals surface area contributed by atoms with Crippen LogP contribution in [0.15, 0.2) is 98.1 Å². The molecule has 0 aliphatic carbocycles. The van der Waals surface area contributed by atoms with Crippen LogP contribution in [0.25, 0.3) is 10.8 Å². The second-order valence-corrected chi connectivity index (χ2v) is 14.3. The Bertz CT molecular complexity index is 1720. The minimum absolute atomic E-state index is 0.127. The number of para-hydroxylation sites is 1. The van der Waals surface area contributed by atoms with Crippen LogP contribution >= 0.6 is 0 Å². The van der Waals surface area contributed by atoms with E-state index in [1.165, 1.54) is 0 Å². The molecule has 0 saturated carbocycles. The SMILES string of the molecule is C=CCN(C(=O)C1N([C@@H](CO)CC(C)C)C(=O)[C@@H]2[C@@H](C(=O)N(CC=C)c3ccccc3)[C@]3(C)OC12CC3C)c1ccc2ccccc2c1.